The van der Waals surface area contributed by atoms with Gasteiger partial charge in [-0.2, -0.15) is 0 Å². The highest BCUT2D eigenvalue weighted by Crippen LogP contribution is 2.36. The molecule has 0 radical (unpaired) electrons. The van der Waals surface area contributed by atoms with E-state index in [2.05, 4.69) is 0 Å². The number of rotatable bonds is 1. The van der Waals surface area contributed by atoms with E-state index in [0.717, 1.165) is 5.56 Å². The molecule has 0 spiro atoms. The molecule has 5 N–H and O–H groups in total. The maximum Gasteiger partial charge on any atom is 0.146 e. The summed E-state index contributed by atoms with van der Waals surface area (Å²) in [5, 5.41) is 9.79. The monoisotopic (exact) mass is 200 g/mol. The number of aromatic hydroxyl groups is 1. The average Bonchev–Trinajstić information content (AvgIpc) is 2.23. The number of hydrogen-bond acceptors (Lipinski definition) is 3. The Morgan fingerprint density at radius 2 is 1.33 bits per heavy atom. The zero-order valence-corrected chi connectivity index (χ0v) is 8.14. The predicted octanol–water partition coefficient (Wildman–Crippen LogP) is 2.22. The van der Waals surface area contributed by atoms with E-state index >= 15 is 0 Å². The number of para-hydroxylation sites is 2. The molecule has 0 aliphatic rings. The van der Waals surface area contributed by atoms with Crippen LogP contribution in [-0.4, -0.2) is 5.11 Å². The first-order valence-corrected chi connectivity index (χ1v) is 4.62. The fraction of sp³-hybridized carbons (Fsp3) is 0. The van der Waals surface area contributed by atoms with Gasteiger partial charge in [0.25, 0.3) is 0 Å². The van der Waals surface area contributed by atoms with Crippen LogP contribution in [0, 0.1) is 0 Å². The highest BCUT2D eigenvalue weighted by Gasteiger charge is 2.08. The molecule has 2 aromatic carbocycles. The van der Waals surface area contributed by atoms with Crippen LogP contribution in [0.2, 0.25) is 0 Å². The van der Waals surface area contributed by atoms with Gasteiger partial charge >= 0.3 is 0 Å². The lowest BCUT2D eigenvalue weighted by Crippen LogP contribution is -1.92. The van der Waals surface area contributed by atoms with Crippen LogP contribution in [0.5, 0.6) is 5.75 Å². The molecule has 3 heteroatoms. The summed E-state index contributed by atoms with van der Waals surface area (Å²) < 4.78 is 0. The Balaban J connectivity index is 2.65. The third kappa shape index (κ3) is 1.59. The van der Waals surface area contributed by atoms with Crippen molar-refractivity contribution >= 4 is 11.4 Å². The topological polar surface area (TPSA) is 72.3 Å². The van der Waals surface area contributed by atoms with Gasteiger partial charge in [-0.1, -0.05) is 30.3 Å². The van der Waals surface area contributed by atoms with Gasteiger partial charge in [-0.3, -0.25) is 0 Å². The van der Waals surface area contributed by atoms with Gasteiger partial charge in [0.2, 0.25) is 0 Å². The Kier molecular flexibility index (Phi) is 2.21. The van der Waals surface area contributed by atoms with Crippen molar-refractivity contribution < 1.29 is 5.11 Å². The first-order valence-electron chi connectivity index (χ1n) is 4.62. The summed E-state index contributed by atoms with van der Waals surface area (Å²) in [6, 6.07) is 12.6. The zero-order chi connectivity index (χ0) is 10.8. The van der Waals surface area contributed by atoms with Gasteiger partial charge < -0.3 is 16.6 Å². The molecule has 0 aliphatic carbocycles. The van der Waals surface area contributed by atoms with Crippen molar-refractivity contribution in [2.45, 2.75) is 0 Å². The van der Waals surface area contributed by atoms with Crippen LogP contribution >= 0.6 is 0 Å². The zero-order valence-electron chi connectivity index (χ0n) is 8.14. The lowest BCUT2D eigenvalue weighted by Gasteiger charge is -2.08. The summed E-state index contributed by atoms with van der Waals surface area (Å²) in [4.78, 5) is 0. The number of nitrogen functional groups attached to an aromatic ring is 2. The van der Waals surface area contributed by atoms with Crippen molar-refractivity contribution in [3.05, 3.63) is 42.5 Å². The van der Waals surface area contributed by atoms with E-state index in [9.17, 15) is 5.11 Å². The van der Waals surface area contributed by atoms with Crippen LogP contribution in [0.1, 0.15) is 0 Å². The predicted molar refractivity (Wildman–Crippen MR) is 62.4 cm³/mol. The maximum absolute atomic E-state index is 9.79. The van der Waals surface area contributed by atoms with E-state index in [1.54, 1.807) is 24.3 Å². The summed E-state index contributed by atoms with van der Waals surface area (Å²) in [6.45, 7) is 0. The SMILES string of the molecule is Nc1ccccc1-c1cccc(N)c1O. The smallest absolute Gasteiger partial charge is 0.146 e. The second-order valence-corrected chi connectivity index (χ2v) is 3.33. The van der Waals surface area contributed by atoms with Gasteiger partial charge in [-0.05, 0) is 12.1 Å². The standard InChI is InChI=1S/C12H12N2O/c13-10-6-2-1-4-8(10)9-5-3-7-11(14)12(9)15/h1-7,15H,13-14H2. The average molecular weight is 200 g/mol. The largest absolute Gasteiger partial charge is 0.505 e. The van der Waals surface area contributed by atoms with E-state index in [0.29, 0.717) is 16.9 Å². The quantitative estimate of drug-likeness (QED) is 0.488. The molecule has 0 fully saturated rings. The lowest BCUT2D eigenvalue weighted by molar-refractivity contribution is 0.480. The van der Waals surface area contributed by atoms with E-state index < -0.39 is 0 Å². The van der Waals surface area contributed by atoms with Crippen LogP contribution < -0.4 is 11.5 Å². The third-order valence-electron chi connectivity index (χ3n) is 2.32. The van der Waals surface area contributed by atoms with Crippen LogP contribution in [-0.2, 0) is 0 Å². The Labute approximate surface area is 88.0 Å². The van der Waals surface area contributed by atoms with Gasteiger partial charge in [0.05, 0.1) is 5.69 Å². The molecule has 0 heterocycles. The first kappa shape index (κ1) is 9.40. The van der Waals surface area contributed by atoms with Crippen molar-refractivity contribution in [1.29, 1.82) is 0 Å². The second kappa shape index (κ2) is 3.53. The molecule has 2 aromatic rings. The number of nitrogens with two attached hydrogens (primary N) is 2. The normalized spacial score (nSPS) is 10.1. The minimum Gasteiger partial charge on any atom is -0.505 e. The van der Waals surface area contributed by atoms with Gasteiger partial charge in [0, 0.05) is 16.8 Å². The number of benzene rings is 2. The summed E-state index contributed by atoms with van der Waals surface area (Å²) >= 11 is 0. The molecule has 0 bridgehead atoms. The fourth-order valence-corrected chi connectivity index (χ4v) is 1.52. The first-order chi connectivity index (χ1) is 7.20. The fourth-order valence-electron chi connectivity index (χ4n) is 1.52. The molecule has 0 atom stereocenters. The van der Waals surface area contributed by atoms with Gasteiger partial charge in [-0.25, -0.2) is 0 Å². The molecular formula is C12H12N2O. The molecule has 0 amide bonds. The highest BCUT2D eigenvalue weighted by atomic mass is 16.3. The Morgan fingerprint density at radius 3 is 2.07 bits per heavy atom. The van der Waals surface area contributed by atoms with Crippen molar-refractivity contribution in [3.8, 4) is 16.9 Å². The minimum absolute atomic E-state index is 0.0791. The molecule has 0 aromatic heterocycles. The van der Waals surface area contributed by atoms with E-state index in [4.69, 9.17) is 11.5 Å². The molecule has 3 nitrogen and oxygen atoms in total. The maximum atomic E-state index is 9.79. The van der Waals surface area contributed by atoms with Crippen LogP contribution in [0.15, 0.2) is 42.5 Å². The van der Waals surface area contributed by atoms with Crippen molar-refractivity contribution in [2.75, 3.05) is 11.5 Å². The van der Waals surface area contributed by atoms with Crippen molar-refractivity contribution in [2.24, 2.45) is 0 Å². The molecule has 0 unspecified atom stereocenters. The van der Waals surface area contributed by atoms with Gasteiger partial charge in [0.1, 0.15) is 5.75 Å². The summed E-state index contributed by atoms with van der Waals surface area (Å²) in [6.07, 6.45) is 0. The molecule has 2 rings (SSSR count). The van der Waals surface area contributed by atoms with Crippen LogP contribution in [0.4, 0.5) is 11.4 Å². The summed E-state index contributed by atoms with van der Waals surface area (Å²) in [5.74, 6) is 0.0791. The van der Waals surface area contributed by atoms with Crippen LogP contribution in [0.3, 0.4) is 0 Å². The second-order valence-electron chi connectivity index (χ2n) is 3.33. The molecule has 0 saturated heterocycles. The highest BCUT2D eigenvalue weighted by molar-refractivity contribution is 5.83. The Morgan fingerprint density at radius 1 is 0.733 bits per heavy atom. The number of phenols is 1. The van der Waals surface area contributed by atoms with E-state index in [1.807, 2.05) is 18.2 Å². The van der Waals surface area contributed by atoms with Crippen LogP contribution in [0.25, 0.3) is 11.1 Å². The van der Waals surface area contributed by atoms with Gasteiger partial charge in [-0.15, -0.1) is 0 Å². The number of phenolic OH excluding ortho intramolecular Hbond substituents is 1. The number of anilines is 2. The van der Waals surface area contributed by atoms with E-state index in [1.165, 1.54) is 0 Å². The minimum atomic E-state index is 0.0791. The summed E-state index contributed by atoms with van der Waals surface area (Å²) in [7, 11) is 0. The molecule has 0 aliphatic heterocycles. The van der Waals surface area contributed by atoms with Gasteiger partial charge in [0.15, 0.2) is 0 Å². The lowest BCUT2D eigenvalue weighted by atomic mass is 10.0. The molecular weight excluding hydrogens is 188 g/mol. The molecule has 76 valence electrons. The van der Waals surface area contributed by atoms with Crippen molar-refractivity contribution in [3.63, 3.8) is 0 Å². The van der Waals surface area contributed by atoms with Crippen molar-refractivity contribution in [1.82, 2.24) is 0 Å². The Bertz CT molecular complexity index is 495. The molecule has 0 saturated carbocycles. The van der Waals surface area contributed by atoms with E-state index in [-0.39, 0.29) is 5.75 Å². The summed E-state index contributed by atoms with van der Waals surface area (Å²) in [5.41, 5.74) is 13.9. The number of hydrogen-bond donors (Lipinski definition) is 3. The third-order valence-corrected chi connectivity index (χ3v) is 2.32. The molecule has 15 heavy (non-hydrogen) atoms. The Hall–Kier alpha value is -2.16.